The highest BCUT2D eigenvalue weighted by molar-refractivity contribution is 5.25. The smallest absolute Gasteiger partial charge is 0.123 e. The standard InChI is InChI=1S/C16H24FN/c1-3-12-6-4-5-7-15(12)16(2,18)13-8-10-14(17)11-9-13/h8-12,15H,3-7,18H2,1-2H3. The minimum atomic E-state index is -0.338. The van der Waals surface area contributed by atoms with Gasteiger partial charge < -0.3 is 5.73 Å². The van der Waals surface area contributed by atoms with Gasteiger partial charge in [0.05, 0.1) is 0 Å². The van der Waals surface area contributed by atoms with E-state index in [4.69, 9.17) is 5.73 Å². The Morgan fingerprint density at radius 3 is 2.44 bits per heavy atom. The maximum atomic E-state index is 13.0. The van der Waals surface area contributed by atoms with E-state index in [9.17, 15) is 4.39 Å². The average Bonchev–Trinajstić information content (AvgIpc) is 2.39. The van der Waals surface area contributed by atoms with E-state index in [1.165, 1.54) is 44.2 Å². The van der Waals surface area contributed by atoms with E-state index >= 15 is 0 Å². The molecular weight excluding hydrogens is 225 g/mol. The molecule has 100 valence electrons. The lowest BCUT2D eigenvalue weighted by Gasteiger charge is -2.42. The van der Waals surface area contributed by atoms with Crippen LogP contribution in [0.2, 0.25) is 0 Å². The van der Waals surface area contributed by atoms with Gasteiger partial charge in [0.15, 0.2) is 0 Å². The van der Waals surface area contributed by atoms with E-state index < -0.39 is 0 Å². The summed E-state index contributed by atoms with van der Waals surface area (Å²) in [5.74, 6) is 1.03. The van der Waals surface area contributed by atoms with E-state index in [0.717, 1.165) is 5.56 Å². The third-order valence-electron chi connectivity index (χ3n) is 4.67. The maximum absolute atomic E-state index is 13.0. The molecule has 1 aromatic rings. The zero-order valence-electron chi connectivity index (χ0n) is 11.5. The third kappa shape index (κ3) is 2.59. The van der Waals surface area contributed by atoms with Crippen LogP contribution < -0.4 is 5.73 Å². The summed E-state index contributed by atoms with van der Waals surface area (Å²) in [6.07, 6.45) is 6.28. The van der Waals surface area contributed by atoms with Gasteiger partial charge in [0, 0.05) is 5.54 Å². The molecule has 0 spiro atoms. The Morgan fingerprint density at radius 1 is 1.22 bits per heavy atom. The molecule has 0 aliphatic heterocycles. The largest absolute Gasteiger partial charge is 0.321 e. The van der Waals surface area contributed by atoms with Gasteiger partial charge in [-0.2, -0.15) is 0 Å². The molecular formula is C16H24FN. The second-order valence-electron chi connectivity index (χ2n) is 5.85. The summed E-state index contributed by atoms with van der Waals surface area (Å²) in [6, 6.07) is 6.72. The van der Waals surface area contributed by atoms with Gasteiger partial charge in [-0.25, -0.2) is 4.39 Å². The average molecular weight is 249 g/mol. The first-order chi connectivity index (χ1) is 8.55. The van der Waals surface area contributed by atoms with Crippen molar-refractivity contribution >= 4 is 0 Å². The van der Waals surface area contributed by atoms with Crippen molar-refractivity contribution in [1.82, 2.24) is 0 Å². The number of hydrogen-bond donors (Lipinski definition) is 1. The lowest BCUT2D eigenvalue weighted by atomic mass is 9.66. The van der Waals surface area contributed by atoms with E-state index in [0.29, 0.717) is 11.8 Å². The molecule has 1 aromatic carbocycles. The first kappa shape index (κ1) is 13.5. The molecule has 0 heterocycles. The Morgan fingerprint density at radius 2 is 1.83 bits per heavy atom. The molecule has 0 amide bonds. The summed E-state index contributed by atoms with van der Waals surface area (Å²) in [5, 5.41) is 0. The first-order valence-electron chi connectivity index (χ1n) is 7.10. The molecule has 1 fully saturated rings. The molecule has 0 saturated heterocycles. The lowest BCUT2D eigenvalue weighted by molar-refractivity contribution is 0.138. The fraction of sp³-hybridized carbons (Fsp3) is 0.625. The highest BCUT2D eigenvalue weighted by atomic mass is 19.1. The van der Waals surface area contributed by atoms with Gasteiger partial charge in [-0.3, -0.25) is 0 Å². The molecule has 0 radical (unpaired) electrons. The van der Waals surface area contributed by atoms with Gasteiger partial charge in [0.25, 0.3) is 0 Å². The fourth-order valence-corrected chi connectivity index (χ4v) is 3.51. The second-order valence-corrected chi connectivity index (χ2v) is 5.85. The normalized spacial score (nSPS) is 27.8. The number of rotatable bonds is 3. The van der Waals surface area contributed by atoms with Crippen LogP contribution in [-0.2, 0) is 5.54 Å². The lowest BCUT2D eigenvalue weighted by Crippen LogP contribution is -2.45. The number of hydrogen-bond acceptors (Lipinski definition) is 1. The Hall–Kier alpha value is -0.890. The van der Waals surface area contributed by atoms with Gasteiger partial charge in [-0.05, 0) is 42.9 Å². The van der Waals surface area contributed by atoms with Crippen LogP contribution >= 0.6 is 0 Å². The quantitative estimate of drug-likeness (QED) is 0.853. The van der Waals surface area contributed by atoms with Crippen molar-refractivity contribution in [2.45, 2.75) is 51.5 Å². The Balaban J connectivity index is 2.25. The highest BCUT2D eigenvalue weighted by Gasteiger charge is 2.37. The van der Waals surface area contributed by atoms with Crippen LogP contribution in [0.25, 0.3) is 0 Å². The van der Waals surface area contributed by atoms with Crippen LogP contribution in [-0.4, -0.2) is 0 Å². The molecule has 1 nitrogen and oxygen atoms in total. The molecule has 0 aromatic heterocycles. The van der Waals surface area contributed by atoms with Crippen molar-refractivity contribution < 1.29 is 4.39 Å². The molecule has 0 bridgehead atoms. The summed E-state index contributed by atoms with van der Waals surface area (Å²) < 4.78 is 13.0. The molecule has 2 rings (SSSR count). The molecule has 1 saturated carbocycles. The second kappa shape index (κ2) is 5.40. The minimum Gasteiger partial charge on any atom is -0.321 e. The zero-order chi connectivity index (χ0) is 13.2. The van der Waals surface area contributed by atoms with Crippen LogP contribution in [0.1, 0.15) is 51.5 Å². The van der Waals surface area contributed by atoms with E-state index in [-0.39, 0.29) is 11.4 Å². The van der Waals surface area contributed by atoms with Gasteiger partial charge in [0.1, 0.15) is 5.82 Å². The van der Waals surface area contributed by atoms with Crippen LogP contribution in [0.5, 0.6) is 0 Å². The van der Waals surface area contributed by atoms with Gasteiger partial charge in [0.2, 0.25) is 0 Å². The Bertz CT molecular complexity index is 383. The summed E-state index contributed by atoms with van der Waals surface area (Å²) >= 11 is 0. The molecule has 18 heavy (non-hydrogen) atoms. The molecule has 1 aliphatic carbocycles. The summed E-state index contributed by atoms with van der Waals surface area (Å²) in [6.45, 7) is 4.36. The van der Waals surface area contributed by atoms with Gasteiger partial charge in [-0.1, -0.05) is 44.7 Å². The number of halogens is 1. The third-order valence-corrected chi connectivity index (χ3v) is 4.67. The van der Waals surface area contributed by atoms with Crippen molar-refractivity contribution in [2.24, 2.45) is 17.6 Å². The zero-order valence-corrected chi connectivity index (χ0v) is 11.5. The predicted molar refractivity (Wildman–Crippen MR) is 73.7 cm³/mol. The summed E-state index contributed by atoms with van der Waals surface area (Å²) in [5.41, 5.74) is 7.33. The summed E-state index contributed by atoms with van der Waals surface area (Å²) in [4.78, 5) is 0. The van der Waals surface area contributed by atoms with Crippen LogP contribution in [0.4, 0.5) is 4.39 Å². The molecule has 3 atom stereocenters. The summed E-state index contributed by atoms with van der Waals surface area (Å²) in [7, 11) is 0. The highest BCUT2D eigenvalue weighted by Crippen LogP contribution is 2.42. The predicted octanol–water partition coefficient (Wildman–Crippen LogP) is 4.22. The molecule has 2 N–H and O–H groups in total. The van der Waals surface area contributed by atoms with E-state index in [1.54, 1.807) is 0 Å². The monoisotopic (exact) mass is 249 g/mol. The van der Waals surface area contributed by atoms with Crippen LogP contribution in [0.15, 0.2) is 24.3 Å². The fourth-order valence-electron chi connectivity index (χ4n) is 3.51. The van der Waals surface area contributed by atoms with Crippen molar-refractivity contribution in [3.05, 3.63) is 35.6 Å². The molecule has 2 heteroatoms. The number of benzene rings is 1. The Kier molecular flexibility index (Phi) is 4.06. The SMILES string of the molecule is CCC1CCCCC1C(C)(N)c1ccc(F)cc1. The van der Waals surface area contributed by atoms with E-state index in [2.05, 4.69) is 13.8 Å². The van der Waals surface area contributed by atoms with E-state index in [1.807, 2.05) is 12.1 Å². The van der Waals surface area contributed by atoms with Crippen molar-refractivity contribution in [1.29, 1.82) is 0 Å². The number of nitrogens with two attached hydrogens (primary N) is 1. The van der Waals surface area contributed by atoms with Crippen molar-refractivity contribution in [3.8, 4) is 0 Å². The van der Waals surface area contributed by atoms with Gasteiger partial charge in [-0.15, -0.1) is 0 Å². The van der Waals surface area contributed by atoms with Crippen LogP contribution in [0, 0.1) is 17.7 Å². The maximum Gasteiger partial charge on any atom is 0.123 e. The van der Waals surface area contributed by atoms with Crippen LogP contribution in [0.3, 0.4) is 0 Å². The first-order valence-corrected chi connectivity index (χ1v) is 7.10. The molecule has 1 aliphatic rings. The molecule has 3 unspecified atom stereocenters. The minimum absolute atomic E-state index is 0.190. The van der Waals surface area contributed by atoms with Crippen molar-refractivity contribution in [3.63, 3.8) is 0 Å². The topological polar surface area (TPSA) is 26.0 Å². The van der Waals surface area contributed by atoms with Crippen molar-refractivity contribution in [2.75, 3.05) is 0 Å². The Labute approximate surface area is 110 Å². The van der Waals surface area contributed by atoms with Gasteiger partial charge >= 0.3 is 0 Å².